The van der Waals surface area contributed by atoms with Crippen LogP contribution in [0.2, 0.25) is 0 Å². The second-order valence-corrected chi connectivity index (χ2v) is 13.5. The minimum atomic E-state index is -1.31. The number of allylic oxidation sites excluding steroid dienone is 1. The second kappa shape index (κ2) is 15.0. The molecular weight excluding hydrogens is 666 g/mol. The van der Waals surface area contributed by atoms with Crippen LogP contribution in [0.25, 0.3) is 0 Å². The number of alkyl halides is 1. The maximum atomic E-state index is 14.5. The summed E-state index contributed by atoms with van der Waals surface area (Å²) in [6.07, 6.45) is 2.79. The van der Waals surface area contributed by atoms with Gasteiger partial charge in [-0.2, -0.15) is 0 Å². The molecule has 2 bridgehead atoms. The van der Waals surface area contributed by atoms with Crippen molar-refractivity contribution in [3.05, 3.63) is 97.1 Å². The molecule has 0 aliphatic carbocycles. The summed E-state index contributed by atoms with van der Waals surface area (Å²) in [4.78, 5) is 58.2. The number of hydrogen-bond donors (Lipinski definition) is 2. The zero-order valence-electron chi connectivity index (χ0n) is 26.5. The molecule has 3 aliphatic rings. The van der Waals surface area contributed by atoms with Gasteiger partial charge in [-0.15, -0.1) is 13.2 Å². The fourth-order valence-electron chi connectivity index (χ4n) is 7.33. The van der Waals surface area contributed by atoms with Gasteiger partial charge in [-0.25, -0.2) is 0 Å². The summed E-state index contributed by atoms with van der Waals surface area (Å²) in [5.41, 5.74) is 0.276. The highest BCUT2D eigenvalue weighted by Crippen LogP contribution is 2.60. The van der Waals surface area contributed by atoms with E-state index in [9.17, 15) is 24.3 Å². The Bertz CT molecular complexity index is 1470. The number of halogens is 1. The molecule has 11 heteroatoms. The van der Waals surface area contributed by atoms with Gasteiger partial charge < -0.3 is 29.7 Å². The van der Waals surface area contributed by atoms with E-state index in [0.29, 0.717) is 18.4 Å². The predicted octanol–water partition coefficient (Wildman–Crippen LogP) is 3.70. The Morgan fingerprint density at radius 1 is 1.15 bits per heavy atom. The first-order valence-corrected chi connectivity index (χ1v) is 16.9. The molecule has 8 atom stereocenters. The first-order chi connectivity index (χ1) is 22.7. The molecule has 1 spiro atoms. The van der Waals surface area contributed by atoms with Gasteiger partial charge in [0.2, 0.25) is 17.7 Å². The lowest BCUT2D eigenvalue weighted by Gasteiger charge is -2.37. The Morgan fingerprint density at radius 3 is 2.47 bits per heavy atom. The second-order valence-electron chi connectivity index (χ2n) is 12.4. The SMILES string of the molecule is C=CCCC(=O)N[C@@H](C)[C@H](OC(=O)[C@H]1[C@@H]2O[C@@]3(CC2Br)[C@@H]1C(=O)N(CCO)[C@@H]3C(=O)N(CC=C)Cc1ccccc1)c1ccccc1. The number of carbonyl (C=O) groups is 4. The van der Waals surface area contributed by atoms with Crippen molar-refractivity contribution in [3.63, 3.8) is 0 Å². The molecule has 250 valence electrons. The molecule has 10 nitrogen and oxygen atoms in total. The van der Waals surface area contributed by atoms with E-state index in [0.717, 1.165) is 5.56 Å². The van der Waals surface area contributed by atoms with Crippen LogP contribution in [0.5, 0.6) is 0 Å². The van der Waals surface area contributed by atoms with E-state index in [1.807, 2.05) is 60.7 Å². The molecule has 3 amide bonds. The van der Waals surface area contributed by atoms with E-state index >= 15 is 0 Å². The lowest BCUT2D eigenvalue weighted by atomic mass is 9.70. The third kappa shape index (κ3) is 6.79. The van der Waals surface area contributed by atoms with Gasteiger partial charge in [0.1, 0.15) is 17.7 Å². The number of hydrogen-bond acceptors (Lipinski definition) is 7. The monoisotopic (exact) mass is 707 g/mol. The van der Waals surface area contributed by atoms with Crippen LogP contribution in [0.15, 0.2) is 86.0 Å². The average molecular weight is 709 g/mol. The summed E-state index contributed by atoms with van der Waals surface area (Å²) in [7, 11) is 0. The first kappa shape index (κ1) is 34.5. The van der Waals surface area contributed by atoms with Crippen molar-refractivity contribution >= 4 is 39.6 Å². The predicted molar refractivity (Wildman–Crippen MR) is 179 cm³/mol. The summed E-state index contributed by atoms with van der Waals surface area (Å²) >= 11 is 3.69. The van der Waals surface area contributed by atoms with Gasteiger partial charge in [0.15, 0.2) is 0 Å². The van der Waals surface area contributed by atoms with Crippen molar-refractivity contribution in [2.24, 2.45) is 11.8 Å². The van der Waals surface area contributed by atoms with Crippen molar-refractivity contribution in [2.75, 3.05) is 19.7 Å². The summed E-state index contributed by atoms with van der Waals surface area (Å²) in [5, 5.41) is 12.9. The van der Waals surface area contributed by atoms with Crippen LogP contribution in [0.4, 0.5) is 0 Å². The van der Waals surface area contributed by atoms with Crippen molar-refractivity contribution < 1.29 is 33.8 Å². The molecule has 1 unspecified atom stereocenters. The number of nitrogens with one attached hydrogen (secondary N) is 1. The number of esters is 1. The van der Waals surface area contributed by atoms with Crippen LogP contribution < -0.4 is 5.32 Å². The summed E-state index contributed by atoms with van der Waals surface area (Å²) in [5.74, 6) is -3.64. The van der Waals surface area contributed by atoms with Gasteiger partial charge >= 0.3 is 5.97 Å². The molecule has 2 aromatic rings. The summed E-state index contributed by atoms with van der Waals surface area (Å²) in [6, 6.07) is 17.0. The number of nitrogens with zero attached hydrogens (tertiary/aromatic N) is 2. The molecule has 2 aromatic carbocycles. The van der Waals surface area contributed by atoms with Crippen LogP contribution in [0.1, 0.15) is 43.4 Å². The van der Waals surface area contributed by atoms with Crippen molar-refractivity contribution in [1.29, 1.82) is 0 Å². The highest BCUT2D eigenvalue weighted by Gasteiger charge is 2.77. The number of likely N-dealkylation sites (tertiary alicyclic amines) is 1. The quantitative estimate of drug-likeness (QED) is 0.164. The van der Waals surface area contributed by atoms with Gasteiger partial charge in [-0.3, -0.25) is 19.2 Å². The first-order valence-electron chi connectivity index (χ1n) is 16.0. The van der Waals surface area contributed by atoms with Crippen molar-refractivity contribution in [1.82, 2.24) is 15.1 Å². The van der Waals surface area contributed by atoms with E-state index in [1.54, 1.807) is 24.0 Å². The van der Waals surface area contributed by atoms with Crippen molar-refractivity contribution in [2.45, 2.75) is 67.5 Å². The number of fused-ring (bicyclic) bond motifs is 1. The number of rotatable bonds is 15. The standard InChI is InChI=1S/C36H42BrN3O7/c1-4-6-17-27(42)38-23(3)30(25-15-11-8-12-16-25)46-35(45)28-29-33(43)40(19-20-41)32(36(29)21-26(37)31(28)47-36)34(44)39(18-5-2)22-24-13-9-7-10-14-24/h4-5,7-16,23,26,28-32,41H,1-2,6,17-22H2,3H3,(H,38,42)/t23-,26?,28+,29-,30-,31+,32+,36-/m0/s1. The number of aliphatic hydroxyl groups excluding tert-OH is 1. The number of carbonyl (C=O) groups excluding carboxylic acids is 4. The summed E-state index contributed by atoms with van der Waals surface area (Å²) in [6.45, 7) is 9.32. The van der Waals surface area contributed by atoms with Gasteiger partial charge in [-0.1, -0.05) is 88.7 Å². The zero-order chi connectivity index (χ0) is 33.7. The van der Waals surface area contributed by atoms with Crippen LogP contribution in [0.3, 0.4) is 0 Å². The Labute approximate surface area is 283 Å². The maximum absolute atomic E-state index is 14.5. The molecule has 0 aromatic heterocycles. The number of benzene rings is 2. The lowest BCUT2D eigenvalue weighted by molar-refractivity contribution is -0.162. The smallest absolute Gasteiger partial charge is 0.313 e. The van der Waals surface area contributed by atoms with Gasteiger partial charge in [0, 0.05) is 30.9 Å². The largest absolute Gasteiger partial charge is 0.455 e. The molecule has 0 radical (unpaired) electrons. The molecule has 5 rings (SSSR count). The minimum Gasteiger partial charge on any atom is -0.455 e. The van der Waals surface area contributed by atoms with E-state index < -0.39 is 53.6 Å². The number of aliphatic hydroxyl groups is 1. The number of ether oxygens (including phenoxy) is 2. The lowest BCUT2D eigenvalue weighted by Crippen LogP contribution is -2.56. The van der Waals surface area contributed by atoms with Gasteiger partial charge in [-0.05, 0) is 30.9 Å². The fraction of sp³-hybridized carbons (Fsp3) is 0.444. The molecule has 47 heavy (non-hydrogen) atoms. The molecule has 3 aliphatic heterocycles. The topological polar surface area (TPSA) is 125 Å². The van der Waals surface area contributed by atoms with Crippen LogP contribution in [0, 0.1) is 11.8 Å². The van der Waals surface area contributed by atoms with E-state index in [2.05, 4.69) is 34.4 Å². The Hall–Kier alpha value is -3.80. The normalized spacial score (nSPS) is 27.1. The van der Waals surface area contributed by atoms with Crippen LogP contribution in [-0.2, 0) is 35.2 Å². The molecule has 0 saturated carbocycles. The van der Waals surface area contributed by atoms with Gasteiger partial charge in [0.25, 0.3) is 0 Å². The van der Waals surface area contributed by atoms with Crippen LogP contribution >= 0.6 is 15.9 Å². The average Bonchev–Trinajstić information content (AvgIpc) is 3.66. The van der Waals surface area contributed by atoms with Crippen molar-refractivity contribution in [3.8, 4) is 0 Å². The molecule has 3 fully saturated rings. The minimum absolute atomic E-state index is 0.0933. The molecule has 3 heterocycles. The zero-order valence-corrected chi connectivity index (χ0v) is 28.1. The highest BCUT2D eigenvalue weighted by atomic mass is 79.9. The Balaban J connectivity index is 1.46. The van der Waals surface area contributed by atoms with E-state index in [-0.39, 0.29) is 49.3 Å². The Morgan fingerprint density at radius 2 is 1.83 bits per heavy atom. The summed E-state index contributed by atoms with van der Waals surface area (Å²) < 4.78 is 12.8. The van der Waals surface area contributed by atoms with E-state index in [4.69, 9.17) is 9.47 Å². The third-order valence-electron chi connectivity index (χ3n) is 9.30. The molecular formula is C36H42BrN3O7. The number of amides is 3. The highest BCUT2D eigenvalue weighted by molar-refractivity contribution is 9.09. The molecule has 3 saturated heterocycles. The number of β-amino-alcohol motifs (C(OH)–C–C–N with tert-alkyl or cyclic N) is 1. The van der Waals surface area contributed by atoms with E-state index in [1.165, 1.54) is 4.90 Å². The fourth-order valence-corrected chi connectivity index (χ4v) is 8.27. The Kier molecular flexibility index (Phi) is 11.0. The van der Waals surface area contributed by atoms with Crippen LogP contribution in [-0.4, -0.2) is 86.9 Å². The third-order valence-corrected chi connectivity index (χ3v) is 10.1. The molecule has 2 N–H and O–H groups in total. The maximum Gasteiger partial charge on any atom is 0.313 e. The van der Waals surface area contributed by atoms with Gasteiger partial charge in [0.05, 0.1) is 30.6 Å².